The van der Waals surface area contributed by atoms with Crippen molar-refractivity contribution >= 4 is 9.84 Å². The largest absolute Gasteiger partial charge is 0.421 e. The third-order valence-corrected chi connectivity index (χ3v) is 4.49. The minimum atomic E-state index is -4.70. The van der Waals surface area contributed by atoms with Crippen molar-refractivity contribution in [2.75, 3.05) is 12.0 Å². The average Bonchev–Trinajstić information content (AvgIpc) is 2.96. The van der Waals surface area contributed by atoms with E-state index in [4.69, 9.17) is 0 Å². The highest BCUT2D eigenvalue weighted by Crippen LogP contribution is 2.47. The quantitative estimate of drug-likeness (QED) is 0.850. The fourth-order valence-corrected chi connectivity index (χ4v) is 3.81. The van der Waals surface area contributed by atoms with Gasteiger partial charge in [-0.2, -0.15) is 13.2 Å². The summed E-state index contributed by atoms with van der Waals surface area (Å²) in [6.07, 6.45) is -1.15. The van der Waals surface area contributed by atoms with E-state index in [1.807, 2.05) is 0 Å². The van der Waals surface area contributed by atoms with Crippen LogP contribution in [0.15, 0.2) is 23.1 Å². The second kappa shape index (κ2) is 4.61. The molecule has 1 fully saturated rings. The van der Waals surface area contributed by atoms with Gasteiger partial charge in [-0.25, -0.2) is 8.42 Å². The van der Waals surface area contributed by atoms with Crippen LogP contribution in [0.2, 0.25) is 0 Å². The number of sulfone groups is 1. The van der Waals surface area contributed by atoms with Gasteiger partial charge in [-0.3, -0.25) is 4.79 Å². The molecule has 112 valence electrons. The average molecular weight is 309 g/mol. The lowest BCUT2D eigenvalue weighted by Crippen LogP contribution is -2.32. The molecule has 0 amide bonds. The maximum atomic E-state index is 12.6. The molecule has 1 heterocycles. The minimum absolute atomic E-state index is 0.00280. The van der Waals surface area contributed by atoms with Crippen LogP contribution in [-0.4, -0.2) is 25.0 Å². The number of aromatic nitrogens is 1. The van der Waals surface area contributed by atoms with Gasteiger partial charge in [-0.15, -0.1) is 0 Å². The van der Waals surface area contributed by atoms with Gasteiger partial charge in [0.15, 0.2) is 0 Å². The van der Waals surface area contributed by atoms with Crippen LogP contribution < -0.4 is 5.56 Å². The lowest BCUT2D eigenvalue weighted by Gasteiger charge is -2.17. The summed E-state index contributed by atoms with van der Waals surface area (Å²) in [5.41, 5.74) is -2.95. The van der Waals surface area contributed by atoms with Gasteiger partial charge in [0, 0.05) is 24.4 Å². The van der Waals surface area contributed by atoms with Crippen molar-refractivity contribution < 1.29 is 21.6 Å². The van der Waals surface area contributed by atoms with Crippen LogP contribution >= 0.6 is 0 Å². The first-order valence-corrected chi connectivity index (χ1v) is 8.03. The molecule has 0 N–H and O–H groups in total. The third-order valence-electron chi connectivity index (χ3n) is 3.36. The van der Waals surface area contributed by atoms with Crippen LogP contribution in [-0.2, 0) is 22.6 Å². The number of pyridine rings is 1. The zero-order valence-electron chi connectivity index (χ0n) is 10.8. The zero-order chi connectivity index (χ0) is 15.2. The highest BCUT2D eigenvalue weighted by molar-refractivity contribution is 7.90. The molecule has 4 nitrogen and oxygen atoms in total. The van der Waals surface area contributed by atoms with Crippen LogP contribution in [0.5, 0.6) is 0 Å². The summed E-state index contributed by atoms with van der Waals surface area (Å²) in [6.45, 7) is 0.00280. The molecular formula is C12H14F3NO3S. The second-order valence-electron chi connectivity index (χ2n) is 5.42. The Hall–Kier alpha value is -1.31. The van der Waals surface area contributed by atoms with E-state index in [1.54, 1.807) is 0 Å². The van der Waals surface area contributed by atoms with E-state index in [1.165, 1.54) is 6.20 Å². The summed E-state index contributed by atoms with van der Waals surface area (Å²) < 4.78 is 61.5. The molecular weight excluding hydrogens is 295 g/mol. The van der Waals surface area contributed by atoms with Gasteiger partial charge in [-0.1, -0.05) is 0 Å². The Labute approximate surface area is 114 Å². The molecule has 2 rings (SSSR count). The molecule has 1 saturated carbocycles. The Morgan fingerprint density at radius 1 is 1.35 bits per heavy atom. The molecule has 1 aromatic rings. The molecule has 0 spiro atoms. The predicted molar refractivity (Wildman–Crippen MR) is 67.1 cm³/mol. The van der Waals surface area contributed by atoms with Crippen LogP contribution in [0.25, 0.3) is 0 Å². The number of hydrogen-bond donors (Lipinski definition) is 0. The Morgan fingerprint density at radius 3 is 2.40 bits per heavy atom. The van der Waals surface area contributed by atoms with Gasteiger partial charge in [0.1, 0.15) is 15.4 Å². The fourth-order valence-electron chi connectivity index (χ4n) is 2.32. The Bertz CT molecular complexity index is 672. The van der Waals surface area contributed by atoms with Gasteiger partial charge in [0.25, 0.3) is 5.56 Å². The molecule has 20 heavy (non-hydrogen) atoms. The number of alkyl halides is 3. The van der Waals surface area contributed by atoms with Gasteiger partial charge in [0.05, 0.1) is 5.75 Å². The summed E-state index contributed by atoms with van der Waals surface area (Å²) in [5.74, 6) is -0.108. The van der Waals surface area contributed by atoms with Crippen molar-refractivity contribution in [2.24, 2.45) is 5.41 Å². The van der Waals surface area contributed by atoms with E-state index in [2.05, 4.69) is 0 Å². The number of halogens is 3. The van der Waals surface area contributed by atoms with E-state index in [-0.39, 0.29) is 12.3 Å². The summed E-state index contributed by atoms with van der Waals surface area (Å²) >= 11 is 0. The van der Waals surface area contributed by atoms with Crippen molar-refractivity contribution in [2.45, 2.75) is 25.6 Å². The third kappa shape index (κ3) is 3.41. The zero-order valence-corrected chi connectivity index (χ0v) is 11.6. The molecule has 1 aliphatic carbocycles. The molecule has 0 atom stereocenters. The first-order valence-electron chi connectivity index (χ1n) is 5.97. The van der Waals surface area contributed by atoms with Crippen molar-refractivity contribution in [3.8, 4) is 0 Å². The van der Waals surface area contributed by atoms with Crippen LogP contribution in [0.4, 0.5) is 13.2 Å². The number of nitrogens with zero attached hydrogens (tertiary/aromatic N) is 1. The number of rotatable bonds is 4. The molecule has 0 aliphatic heterocycles. The molecule has 1 aromatic heterocycles. The maximum absolute atomic E-state index is 12.6. The predicted octanol–water partition coefficient (Wildman–Crippen LogP) is 1.69. The standard InChI is InChI=1S/C12H14F3NO3S/c1-20(18,19)8-11(4-5-11)7-16-6-2-3-9(10(16)17)12(13,14)15/h2-3,6H,4-5,7-8H2,1H3. The van der Waals surface area contributed by atoms with E-state index < -0.39 is 32.6 Å². The normalized spacial score (nSPS) is 18.0. The monoisotopic (exact) mass is 309 g/mol. The van der Waals surface area contributed by atoms with E-state index in [0.29, 0.717) is 12.8 Å². The maximum Gasteiger partial charge on any atom is 0.421 e. The fraction of sp³-hybridized carbons (Fsp3) is 0.583. The molecule has 1 aliphatic rings. The van der Waals surface area contributed by atoms with Crippen molar-refractivity contribution in [1.82, 2.24) is 4.57 Å². The summed E-state index contributed by atoms with van der Waals surface area (Å²) in [6, 6.07) is 1.88. The molecule has 0 aromatic carbocycles. The van der Waals surface area contributed by atoms with Crippen molar-refractivity contribution in [3.05, 3.63) is 34.2 Å². The highest BCUT2D eigenvalue weighted by atomic mass is 32.2. The number of hydrogen-bond acceptors (Lipinski definition) is 3. The molecule has 0 saturated heterocycles. The molecule has 0 radical (unpaired) electrons. The first-order chi connectivity index (χ1) is 9.03. The van der Waals surface area contributed by atoms with Crippen LogP contribution in [0, 0.1) is 5.41 Å². The van der Waals surface area contributed by atoms with Crippen molar-refractivity contribution in [1.29, 1.82) is 0 Å². The van der Waals surface area contributed by atoms with Crippen molar-refractivity contribution in [3.63, 3.8) is 0 Å². The summed E-state index contributed by atoms with van der Waals surface area (Å²) in [7, 11) is -3.23. The lowest BCUT2D eigenvalue weighted by atomic mass is 10.1. The molecule has 8 heteroatoms. The Kier molecular flexibility index (Phi) is 3.48. The van der Waals surface area contributed by atoms with E-state index >= 15 is 0 Å². The lowest BCUT2D eigenvalue weighted by molar-refractivity contribution is -0.139. The van der Waals surface area contributed by atoms with Crippen LogP contribution in [0.1, 0.15) is 18.4 Å². The summed E-state index contributed by atoms with van der Waals surface area (Å²) in [4.78, 5) is 11.8. The summed E-state index contributed by atoms with van der Waals surface area (Å²) in [5, 5.41) is 0. The van der Waals surface area contributed by atoms with E-state index in [9.17, 15) is 26.4 Å². The second-order valence-corrected chi connectivity index (χ2v) is 7.56. The molecule has 0 bridgehead atoms. The minimum Gasteiger partial charge on any atom is -0.314 e. The smallest absolute Gasteiger partial charge is 0.314 e. The van der Waals surface area contributed by atoms with E-state index in [0.717, 1.165) is 23.0 Å². The van der Waals surface area contributed by atoms with Gasteiger partial charge in [-0.05, 0) is 25.0 Å². The Morgan fingerprint density at radius 2 is 1.95 bits per heavy atom. The first kappa shape index (κ1) is 15.1. The Balaban J connectivity index is 2.30. The topological polar surface area (TPSA) is 56.1 Å². The highest BCUT2D eigenvalue weighted by Gasteiger charge is 2.46. The van der Waals surface area contributed by atoms with Gasteiger partial charge >= 0.3 is 6.18 Å². The van der Waals surface area contributed by atoms with Gasteiger partial charge < -0.3 is 4.57 Å². The van der Waals surface area contributed by atoms with Gasteiger partial charge in [0.2, 0.25) is 0 Å². The SMILES string of the molecule is CS(=O)(=O)CC1(Cn2cccc(C(F)(F)F)c2=O)CC1. The molecule has 0 unspecified atom stereocenters. The van der Waals surface area contributed by atoms with Crippen LogP contribution in [0.3, 0.4) is 0 Å².